The molecule has 1 fully saturated rings. The molecule has 0 aromatic rings. The molecule has 0 aromatic carbocycles. The third-order valence-corrected chi connectivity index (χ3v) is 2.32. The van der Waals surface area contributed by atoms with E-state index >= 15 is 0 Å². The summed E-state index contributed by atoms with van der Waals surface area (Å²) in [5.41, 5.74) is 0. The van der Waals surface area contributed by atoms with Gasteiger partial charge in [0.05, 0.1) is 6.10 Å². The van der Waals surface area contributed by atoms with E-state index in [0.717, 1.165) is 19.3 Å². The quantitative estimate of drug-likeness (QED) is 0.591. The van der Waals surface area contributed by atoms with Crippen molar-refractivity contribution in [2.75, 3.05) is 6.54 Å². The number of carbonyl (C=O) groups excluding carboxylic acids is 1. The van der Waals surface area contributed by atoms with Gasteiger partial charge in [-0.25, -0.2) is 4.79 Å². The molecule has 4 heteroatoms. The Balaban J connectivity index is 2.23. The molecule has 0 heterocycles. The monoisotopic (exact) mass is 186 g/mol. The van der Waals surface area contributed by atoms with Gasteiger partial charge in [-0.05, 0) is 32.6 Å². The maximum absolute atomic E-state index is 11.1. The minimum Gasteiger partial charge on any atom is -0.393 e. The molecule has 2 atom stereocenters. The van der Waals surface area contributed by atoms with Crippen LogP contribution in [0.5, 0.6) is 0 Å². The van der Waals surface area contributed by atoms with Crippen LogP contribution < -0.4 is 10.6 Å². The SMILES string of the molecule is CCNC(=O)NC1CCCC(O)C1. The molecule has 0 spiro atoms. The Morgan fingerprint density at radius 3 is 2.92 bits per heavy atom. The van der Waals surface area contributed by atoms with E-state index in [4.69, 9.17) is 0 Å². The molecule has 3 N–H and O–H groups in total. The molecule has 2 unspecified atom stereocenters. The molecule has 1 rings (SSSR count). The van der Waals surface area contributed by atoms with Crippen molar-refractivity contribution in [3.05, 3.63) is 0 Å². The van der Waals surface area contributed by atoms with Gasteiger partial charge in [0.25, 0.3) is 0 Å². The van der Waals surface area contributed by atoms with Gasteiger partial charge >= 0.3 is 6.03 Å². The standard InChI is InChI=1S/C9H18N2O2/c1-2-10-9(13)11-7-4-3-5-8(12)6-7/h7-8,12H,2-6H2,1H3,(H2,10,11,13). The molecule has 1 aliphatic carbocycles. The molecular formula is C9H18N2O2. The Hall–Kier alpha value is -0.770. The summed E-state index contributed by atoms with van der Waals surface area (Å²) in [4.78, 5) is 11.1. The minimum absolute atomic E-state index is 0.124. The molecule has 13 heavy (non-hydrogen) atoms. The van der Waals surface area contributed by atoms with Gasteiger partial charge in [0, 0.05) is 12.6 Å². The number of nitrogens with one attached hydrogen (secondary N) is 2. The van der Waals surface area contributed by atoms with Crippen LogP contribution in [0.2, 0.25) is 0 Å². The first-order valence-electron chi connectivity index (χ1n) is 4.94. The number of amides is 2. The Labute approximate surface area is 78.7 Å². The van der Waals surface area contributed by atoms with Crippen molar-refractivity contribution in [2.45, 2.75) is 44.8 Å². The molecule has 0 saturated heterocycles. The van der Waals surface area contributed by atoms with Crippen LogP contribution in [-0.2, 0) is 0 Å². The van der Waals surface area contributed by atoms with Crippen molar-refractivity contribution < 1.29 is 9.90 Å². The number of rotatable bonds is 2. The number of hydrogen-bond acceptors (Lipinski definition) is 2. The van der Waals surface area contributed by atoms with Crippen molar-refractivity contribution in [3.63, 3.8) is 0 Å². The summed E-state index contributed by atoms with van der Waals surface area (Å²) in [5, 5.41) is 14.9. The molecular weight excluding hydrogens is 168 g/mol. The van der Waals surface area contributed by atoms with Gasteiger partial charge in [0.15, 0.2) is 0 Å². The summed E-state index contributed by atoms with van der Waals surface area (Å²) in [7, 11) is 0. The van der Waals surface area contributed by atoms with Crippen LogP contribution in [0.1, 0.15) is 32.6 Å². The van der Waals surface area contributed by atoms with Crippen molar-refractivity contribution in [1.82, 2.24) is 10.6 Å². The van der Waals surface area contributed by atoms with Gasteiger partial charge in [-0.3, -0.25) is 0 Å². The van der Waals surface area contributed by atoms with Crippen LogP contribution in [0.3, 0.4) is 0 Å². The fourth-order valence-corrected chi connectivity index (χ4v) is 1.69. The first-order chi connectivity index (χ1) is 6.22. The molecule has 76 valence electrons. The van der Waals surface area contributed by atoms with Crippen molar-refractivity contribution in [3.8, 4) is 0 Å². The second-order valence-electron chi connectivity index (χ2n) is 3.52. The van der Waals surface area contributed by atoms with Crippen LogP contribution in [0, 0.1) is 0 Å². The highest BCUT2D eigenvalue weighted by Crippen LogP contribution is 2.17. The highest BCUT2D eigenvalue weighted by molar-refractivity contribution is 5.74. The van der Waals surface area contributed by atoms with Gasteiger partial charge in [-0.1, -0.05) is 0 Å². The van der Waals surface area contributed by atoms with E-state index in [1.807, 2.05) is 6.92 Å². The Morgan fingerprint density at radius 2 is 2.31 bits per heavy atom. The van der Waals surface area contributed by atoms with Gasteiger partial charge in [0.2, 0.25) is 0 Å². The topological polar surface area (TPSA) is 61.4 Å². The number of aliphatic hydroxyl groups is 1. The van der Waals surface area contributed by atoms with Crippen molar-refractivity contribution >= 4 is 6.03 Å². The minimum atomic E-state index is -0.235. The summed E-state index contributed by atoms with van der Waals surface area (Å²) in [6, 6.07) is 0.0249. The molecule has 2 amide bonds. The zero-order valence-electron chi connectivity index (χ0n) is 8.05. The predicted molar refractivity (Wildman–Crippen MR) is 50.5 cm³/mol. The van der Waals surface area contributed by atoms with E-state index < -0.39 is 0 Å². The van der Waals surface area contributed by atoms with Crippen LogP contribution >= 0.6 is 0 Å². The predicted octanol–water partition coefficient (Wildman–Crippen LogP) is 0.609. The largest absolute Gasteiger partial charge is 0.393 e. The Bertz CT molecular complexity index is 173. The fraction of sp³-hybridized carbons (Fsp3) is 0.889. The first-order valence-corrected chi connectivity index (χ1v) is 4.94. The molecule has 0 aromatic heterocycles. The van der Waals surface area contributed by atoms with Crippen molar-refractivity contribution in [2.24, 2.45) is 0 Å². The van der Waals surface area contributed by atoms with Crippen LogP contribution in [0.4, 0.5) is 4.79 Å². The van der Waals surface area contributed by atoms with E-state index in [-0.39, 0.29) is 18.2 Å². The van der Waals surface area contributed by atoms with E-state index in [1.165, 1.54) is 0 Å². The third kappa shape index (κ3) is 3.63. The number of urea groups is 1. The molecule has 1 aliphatic rings. The Morgan fingerprint density at radius 1 is 1.54 bits per heavy atom. The van der Waals surface area contributed by atoms with Crippen LogP contribution in [-0.4, -0.2) is 29.8 Å². The normalized spacial score (nSPS) is 28.2. The molecule has 1 saturated carbocycles. The lowest BCUT2D eigenvalue weighted by Crippen LogP contribution is -2.44. The van der Waals surface area contributed by atoms with Gasteiger partial charge < -0.3 is 15.7 Å². The number of carbonyl (C=O) groups is 1. The fourth-order valence-electron chi connectivity index (χ4n) is 1.69. The second-order valence-corrected chi connectivity index (χ2v) is 3.52. The molecule has 4 nitrogen and oxygen atoms in total. The van der Waals surface area contributed by atoms with E-state index in [9.17, 15) is 9.90 Å². The smallest absolute Gasteiger partial charge is 0.314 e. The third-order valence-electron chi connectivity index (χ3n) is 2.32. The van der Waals surface area contributed by atoms with Crippen molar-refractivity contribution in [1.29, 1.82) is 0 Å². The highest BCUT2D eigenvalue weighted by Gasteiger charge is 2.20. The summed E-state index contributed by atoms with van der Waals surface area (Å²) in [5.74, 6) is 0. The van der Waals surface area contributed by atoms with Gasteiger partial charge in [-0.15, -0.1) is 0 Å². The van der Waals surface area contributed by atoms with Crippen LogP contribution in [0.15, 0.2) is 0 Å². The molecule has 0 aliphatic heterocycles. The second kappa shape index (κ2) is 5.07. The zero-order valence-corrected chi connectivity index (χ0v) is 8.05. The summed E-state index contributed by atoms with van der Waals surface area (Å²) in [6.07, 6.45) is 3.30. The lowest BCUT2D eigenvalue weighted by atomic mass is 9.93. The summed E-state index contributed by atoms with van der Waals surface area (Å²) < 4.78 is 0. The first kappa shape index (κ1) is 10.3. The number of hydrogen-bond donors (Lipinski definition) is 3. The Kier molecular flexibility index (Phi) is 4.02. The number of aliphatic hydroxyl groups excluding tert-OH is 1. The van der Waals surface area contributed by atoms with E-state index in [2.05, 4.69) is 10.6 Å². The lowest BCUT2D eigenvalue weighted by molar-refractivity contribution is 0.113. The molecule has 0 radical (unpaired) electrons. The maximum atomic E-state index is 11.1. The summed E-state index contributed by atoms with van der Waals surface area (Å²) in [6.45, 7) is 2.52. The average Bonchev–Trinajstić information content (AvgIpc) is 2.04. The van der Waals surface area contributed by atoms with Crippen LogP contribution in [0.25, 0.3) is 0 Å². The summed E-state index contributed by atoms with van der Waals surface area (Å²) >= 11 is 0. The lowest BCUT2D eigenvalue weighted by Gasteiger charge is -2.26. The maximum Gasteiger partial charge on any atom is 0.314 e. The van der Waals surface area contributed by atoms with E-state index in [0.29, 0.717) is 13.0 Å². The van der Waals surface area contributed by atoms with E-state index in [1.54, 1.807) is 0 Å². The van der Waals surface area contributed by atoms with Gasteiger partial charge in [0.1, 0.15) is 0 Å². The zero-order chi connectivity index (χ0) is 9.68. The average molecular weight is 186 g/mol. The highest BCUT2D eigenvalue weighted by atomic mass is 16.3. The van der Waals surface area contributed by atoms with Gasteiger partial charge in [-0.2, -0.15) is 0 Å². The molecule has 0 bridgehead atoms.